The molecule has 1 unspecified atom stereocenters. The van der Waals surface area contributed by atoms with E-state index in [4.69, 9.17) is 23.7 Å². The van der Waals surface area contributed by atoms with Crippen molar-refractivity contribution in [3.05, 3.63) is 35.1 Å². The standard InChI is InChI=1S/C22H23NO7/c1-26-17-10-22-4-2-5-23(22)6-3-12-7-14-15(28-11-27-14)8-13(12)19(22)20(17)30-21(25)16-9-18(24)29-16/h7-8,10,16,19-20H,2-6,9,11H2,1H3/t16?,19-,20-,22+/m1/s1. The number of methoxy groups -OCH3 is 1. The molecule has 0 saturated carbocycles. The van der Waals surface area contributed by atoms with Crippen LogP contribution in [0.2, 0.25) is 0 Å². The zero-order valence-electron chi connectivity index (χ0n) is 16.7. The first kappa shape index (κ1) is 18.1. The lowest BCUT2D eigenvalue weighted by atomic mass is 9.77. The van der Waals surface area contributed by atoms with Crippen LogP contribution in [0.15, 0.2) is 24.0 Å². The van der Waals surface area contributed by atoms with E-state index in [1.807, 2.05) is 6.07 Å². The molecule has 1 aliphatic carbocycles. The number of hydrogen-bond donors (Lipinski definition) is 0. The van der Waals surface area contributed by atoms with Crippen molar-refractivity contribution < 1.29 is 33.3 Å². The van der Waals surface area contributed by atoms with E-state index >= 15 is 0 Å². The second kappa shape index (κ2) is 6.38. The van der Waals surface area contributed by atoms with E-state index in [1.165, 1.54) is 5.56 Å². The van der Waals surface area contributed by atoms with Crippen LogP contribution < -0.4 is 9.47 Å². The van der Waals surface area contributed by atoms with Crippen LogP contribution in [-0.4, -0.2) is 61.6 Å². The fourth-order valence-corrected chi connectivity index (χ4v) is 5.73. The minimum Gasteiger partial charge on any atom is -0.497 e. The van der Waals surface area contributed by atoms with Crippen LogP contribution in [0.25, 0.3) is 0 Å². The molecule has 4 atom stereocenters. The summed E-state index contributed by atoms with van der Waals surface area (Å²) >= 11 is 0. The predicted molar refractivity (Wildman–Crippen MR) is 102 cm³/mol. The SMILES string of the molecule is COC1=C[C@]23CCCN2CCc2cc4c(cc2[C@@H]3[C@@H]1OC(=O)C1CC(=O)O1)OCO4. The average Bonchev–Trinajstić information content (AvgIpc) is 3.39. The molecule has 0 aromatic heterocycles. The van der Waals surface area contributed by atoms with E-state index in [-0.39, 0.29) is 30.6 Å². The Morgan fingerprint density at radius 1 is 1.23 bits per heavy atom. The van der Waals surface area contributed by atoms with Crippen molar-refractivity contribution in [2.24, 2.45) is 0 Å². The summed E-state index contributed by atoms with van der Waals surface area (Å²) < 4.78 is 27.9. The molecule has 8 nitrogen and oxygen atoms in total. The maximum atomic E-state index is 12.7. The van der Waals surface area contributed by atoms with Crippen LogP contribution in [0.1, 0.15) is 36.3 Å². The summed E-state index contributed by atoms with van der Waals surface area (Å²) in [5.74, 6) is 1.11. The fourth-order valence-electron chi connectivity index (χ4n) is 5.73. The summed E-state index contributed by atoms with van der Waals surface area (Å²) in [6.07, 6.45) is 3.73. The van der Waals surface area contributed by atoms with E-state index in [9.17, 15) is 9.59 Å². The highest BCUT2D eigenvalue weighted by Crippen LogP contribution is 2.55. The van der Waals surface area contributed by atoms with Gasteiger partial charge in [-0.05, 0) is 55.1 Å². The third kappa shape index (κ3) is 2.43. The Balaban J connectivity index is 1.44. The Kier molecular flexibility index (Phi) is 3.84. The Morgan fingerprint density at radius 2 is 2.03 bits per heavy atom. The van der Waals surface area contributed by atoms with Gasteiger partial charge < -0.3 is 23.7 Å². The molecule has 5 aliphatic rings. The van der Waals surface area contributed by atoms with Crippen molar-refractivity contribution in [2.75, 3.05) is 27.0 Å². The molecule has 4 heterocycles. The number of nitrogens with zero attached hydrogens (tertiary/aromatic N) is 1. The van der Waals surface area contributed by atoms with Gasteiger partial charge in [-0.3, -0.25) is 9.69 Å². The second-order valence-corrected chi connectivity index (χ2v) is 8.50. The van der Waals surface area contributed by atoms with Gasteiger partial charge in [0.2, 0.25) is 12.9 Å². The van der Waals surface area contributed by atoms with Crippen LogP contribution in [0.4, 0.5) is 0 Å². The number of rotatable bonds is 3. The third-order valence-corrected chi connectivity index (χ3v) is 7.10. The normalized spacial score (nSPS) is 33.4. The van der Waals surface area contributed by atoms with Gasteiger partial charge in [-0.2, -0.15) is 0 Å². The maximum Gasteiger partial charge on any atom is 0.348 e. The monoisotopic (exact) mass is 413 g/mol. The molecule has 1 aromatic rings. The lowest BCUT2D eigenvalue weighted by molar-refractivity contribution is -0.189. The van der Waals surface area contributed by atoms with E-state index in [0.29, 0.717) is 5.76 Å². The zero-order chi connectivity index (χ0) is 20.5. The maximum absolute atomic E-state index is 12.7. The Morgan fingerprint density at radius 3 is 2.80 bits per heavy atom. The van der Waals surface area contributed by atoms with Crippen LogP contribution in [0.5, 0.6) is 11.5 Å². The van der Waals surface area contributed by atoms with Crippen LogP contribution >= 0.6 is 0 Å². The molecule has 0 bridgehead atoms. The minimum absolute atomic E-state index is 0.0643. The van der Waals surface area contributed by atoms with Gasteiger partial charge in [0, 0.05) is 6.54 Å². The molecular formula is C22H23NO7. The molecular weight excluding hydrogens is 390 g/mol. The highest BCUT2D eigenvalue weighted by Gasteiger charge is 2.58. The Labute approximate surface area is 173 Å². The van der Waals surface area contributed by atoms with Gasteiger partial charge >= 0.3 is 11.9 Å². The molecule has 6 rings (SSSR count). The lowest BCUT2D eigenvalue weighted by Gasteiger charge is -2.39. The summed E-state index contributed by atoms with van der Waals surface area (Å²) in [4.78, 5) is 26.4. The molecule has 0 radical (unpaired) electrons. The van der Waals surface area contributed by atoms with E-state index < -0.39 is 18.2 Å². The van der Waals surface area contributed by atoms with Gasteiger partial charge in [0.1, 0.15) is 5.76 Å². The first-order valence-electron chi connectivity index (χ1n) is 10.4. The molecule has 0 N–H and O–H groups in total. The molecule has 1 spiro atoms. The van der Waals surface area contributed by atoms with Crippen molar-refractivity contribution >= 4 is 11.9 Å². The summed E-state index contributed by atoms with van der Waals surface area (Å²) in [6.45, 7) is 2.12. The summed E-state index contributed by atoms with van der Waals surface area (Å²) in [7, 11) is 1.61. The molecule has 0 amide bonds. The zero-order valence-corrected chi connectivity index (χ0v) is 16.7. The average molecular weight is 413 g/mol. The minimum atomic E-state index is -0.825. The Hall–Kier alpha value is -2.74. The van der Waals surface area contributed by atoms with Crippen molar-refractivity contribution in [3.63, 3.8) is 0 Å². The van der Waals surface area contributed by atoms with Crippen LogP contribution in [0, 0.1) is 0 Å². The quantitative estimate of drug-likeness (QED) is 0.692. The van der Waals surface area contributed by atoms with E-state index in [0.717, 1.165) is 49.4 Å². The topological polar surface area (TPSA) is 83.5 Å². The smallest absolute Gasteiger partial charge is 0.348 e. The first-order valence-corrected chi connectivity index (χ1v) is 10.4. The van der Waals surface area contributed by atoms with Crippen LogP contribution in [-0.2, 0) is 30.2 Å². The summed E-state index contributed by atoms with van der Waals surface area (Å²) in [6, 6.07) is 4.10. The van der Waals surface area contributed by atoms with Crippen molar-refractivity contribution in [2.45, 2.75) is 49.3 Å². The number of esters is 2. The molecule has 2 saturated heterocycles. The van der Waals surface area contributed by atoms with E-state index in [2.05, 4.69) is 17.0 Å². The van der Waals surface area contributed by atoms with Crippen molar-refractivity contribution in [1.82, 2.24) is 4.90 Å². The molecule has 4 aliphatic heterocycles. The number of cyclic esters (lactones) is 1. The second-order valence-electron chi connectivity index (χ2n) is 8.50. The summed E-state index contributed by atoms with van der Waals surface area (Å²) in [5.41, 5.74) is 2.01. The van der Waals surface area contributed by atoms with Gasteiger partial charge in [0.15, 0.2) is 17.6 Å². The predicted octanol–water partition coefficient (Wildman–Crippen LogP) is 1.66. The number of fused-ring (bicyclic) bond motifs is 3. The Bertz CT molecular complexity index is 964. The number of carbonyl (C=O) groups excluding carboxylic acids is 2. The number of hydrogen-bond acceptors (Lipinski definition) is 8. The highest BCUT2D eigenvalue weighted by atomic mass is 16.7. The van der Waals surface area contributed by atoms with Gasteiger partial charge in [0.05, 0.1) is 25.0 Å². The third-order valence-electron chi connectivity index (χ3n) is 7.10. The molecule has 2 fully saturated rings. The van der Waals surface area contributed by atoms with Crippen molar-refractivity contribution in [1.29, 1.82) is 0 Å². The van der Waals surface area contributed by atoms with Gasteiger partial charge in [-0.25, -0.2) is 4.79 Å². The molecule has 1 aromatic carbocycles. The fraction of sp³-hybridized carbons (Fsp3) is 0.545. The van der Waals surface area contributed by atoms with Crippen LogP contribution in [0.3, 0.4) is 0 Å². The summed E-state index contributed by atoms with van der Waals surface area (Å²) in [5, 5.41) is 0. The number of carbonyl (C=O) groups is 2. The van der Waals surface area contributed by atoms with Gasteiger partial charge in [0.25, 0.3) is 0 Å². The first-order chi connectivity index (χ1) is 14.6. The molecule has 8 heteroatoms. The molecule has 158 valence electrons. The van der Waals surface area contributed by atoms with Gasteiger partial charge in [-0.15, -0.1) is 0 Å². The largest absolute Gasteiger partial charge is 0.497 e. The van der Waals surface area contributed by atoms with E-state index in [1.54, 1.807) is 7.11 Å². The number of ether oxygens (including phenoxy) is 5. The number of benzene rings is 1. The lowest BCUT2D eigenvalue weighted by Crippen LogP contribution is -2.48. The van der Waals surface area contributed by atoms with Gasteiger partial charge in [-0.1, -0.05) is 0 Å². The molecule has 30 heavy (non-hydrogen) atoms. The highest BCUT2D eigenvalue weighted by molar-refractivity contribution is 5.89. The van der Waals surface area contributed by atoms with Crippen molar-refractivity contribution in [3.8, 4) is 11.5 Å².